The number of hydrogen-bond donors (Lipinski definition) is 1. The number of aliphatic hydroxyl groups excluding tert-OH is 1. The molecule has 0 unspecified atom stereocenters. The van der Waals surface area contributed by atoms with Gasteiger partial charge in [-0.15, -0.1) is 0 Å². The number of ether oxygens (including phenoxy) is 2. The van der Waals surface area contributed by atoms with Gasteiger partial charge in [0.1, 0.15) is 38.1 Å². The molecule has 1 aromatic carbocycles. The number of halogens is 2. The largest absolute Gasteiger partial charge is 0.489 e. The fraction of sp³-hybridized carbons (Fsp3) is 0.571. The van der Waals surface area contributed by atoms with Crippen molar-refractivity contribution in [2.45, 2.75) is 6.10 Å². The number of quaternary nitrogens is 1. The summed E-state index contributed by atoms with van der Waals surface area (Å²) in [4.78, 5) is 0. The molecule has 1 aromatic rings. The van der Waals surface area contributed by atoms with Crippen LogP contribution >= 0.6 is 31.9 Å². The van der Waals surface area contributed by atoms with E-state index in [9.17, 15) is 5.11 Å². The van der Waals surface area contributed by atoms with Gasteiger partial charge < -0.3 is 19.1 Å². The lowest BCUT2D eigenvalue weighted by Crippen LogP contribution is -2.56. The van der Waals surface area contributed by atoms with Crippen molar-refractivity contribution in [1.29, 1.82) is 0 Å². The first-order chi connectivity index (χ1) is 9.48. The highest BCUT2D eigenvalue weighted by Gasteiger charge is 2.28. The molecule has 1 aliphatic heterocycles. The van der Waals surface area contributed by atoms with Crippen LogP contribution in [0.3, 0.4) is 0 Å². The van der Waals surface area contributed by atoms with Crippen LogP contribution in [0.1, 0.15) is 0 Å². The van der Waals surface area contributed by atoms with Gasteiger partial charge in [-0.05, 0) is 34.1 Å². The molecule has 0 bridgehead atoms. The Morgan fingerprint density at radius 2 is 2.05 bits per heavy atom. The molecule has 6 heteroatoms. The summed E-state index contributed by atoms with van der Waals surface area (Å²) in [6.45, 7) is 4.41. The lowest BCUT2D eigenvalue weighted by atomic mass is 10.2. The van der Waals surface area contributed by atoms with Crippen molar-refractivity contribution in [2.75, 3.05) is 46.5 Å². The maximum atomic E-state index is 10.2. The summed E-state index contributed by atoms with van der Waals surface area (Å²) in [5.41, 5.74) is 0. The minimum atomic E-state index is -0.478. The van der Waals surface area contributed by atoms with Crippen molar-refractivity contribution in [1.82, 2.24) is 0 Å². The molecule has 0 saturated carbocycles. The zero-order valence-corrected chi connectivity index (χ0v) is 14.7. The van der Waals surface area contributed by atoms with Crippen LogP contribution < -0.4 is 4.74 Å². The highest BCUT2D eigenvalue weighted by atomic mass is 79.9. The van der Waals surface area contributed by atoms with E-state index in [0.29, 0.717) is 13.2 Å². The van der Waals surface area contributed by atoms with Crippen LogP contribution in [0.15, 0.2) is 27.1 Å². The average molecular weight is 410 g/mol. The highest BCUT2D eigenvalue weighted by molar-refractivity contribution is 9.11. The van der Waals surface area contributed by atoms with Crippen LogP contribution in [-0.2, 0) is 4.74 Å². The highest BCUT2D eigenvalue weighted by Crippen LogP contribution is 2.28. The number of hydrogen-bond acceptors (Lipinski definition) is 3. The molecule has 1 atom stereocenters. The van der Waals surface area contributed by atoms with Crippen LogP contribution in [0, 0.1) is 0 Å². The minimum Gasteiger partial charge on any atom is -0.489 e. The van der Waals surface area contributed by atoms with Crippen molar-refractivity contribution in [3.8, 4) is 5.75 Å². The SMILES string of the molecule is C[N+]1(C[C@@H](O)COc2ccc(Br)cc2Br)CCOCC1. The van der Waals surface area contributed by atoms with Gasteiger partial charge in [-0.1, -0.05) is 15.9 Å². The maximum Gasteiger partial charge on any atom is 0.137 e. The summed E-state index contributed by atoms with van der Waals surface area (Å²) in [6.07, 6.45) is -0.478. The van der Waals surface area contributed by atoms with Gasteiger partial charge in [0.05, 0.1) is 24.7 Å². The van der Waals surface area contributed by atoms with Crippen LogP contribution in [0.5, 0.6) is 5.75 Å². The number of nitrogens with zero attached hydrogens (tertiary/aromatic N) is 1. The maximum absolute atomic E-state index is 10.2. The summed E-state index contributed by atoms with van der Waals surface area (Å²) in [6, 6.07) is 5.73. The Balaban J connectivity index is 1.84. The number of rotatable bonds is 5. The number of likely N-dealkylation sites (N-methyl/N-ethyl adjacent to an activating group) is 1. The summed E-state index contributed by atoms with van der Waals surface area (Å²) in [5.74, 6) is 0.747. The first-order valence-electron chi connectivity index (χ1n) is 6.66. The lowest BCUT2D eigenvalue weighted by Gasteiger charge is -2.38. The Morgan fingerprint density at radius 3 is 2.70 bits per heavy atom. The first kappa shape index (κ1) is 16.2. The van der Waals surface area contributed by atoms with Gasteiger partial charge in [-0.2, -0.15) is 0 Å². The van der Waals surface area contributed by atoms with E-state index >= 15 is 0 Å². The molecule has 1 aliphatic rings. The second kappa shape index (κ2) is 7.22. The number of aliphatic hydroxyl groups is 1. The lowest BCUT2D eigenvalue weighted by molar-refractivity contribution is -0.919. The summed E-state index contributed by atoms with van der Waals surface area (Å²) >= 11 is 6.85. The summed E-state index contributed by atoms with van der Waals surface area (Å²) in [5, 5.41) is 10.2. The van der Waals surface area contributed by atoms with Crippen LogP contribution in [0.2, 0.25) is 0 Å². The molecule has 1 heterocycles. The van der Waals surface area contributed by atoms with Gasteiger partial charge in [-0.25, -0.2) is 0 Å². The fourth-order valence-electron chi connectivity index (χ4n) is 2.31. The second-order valence-electron chi connectivity index (χ2n) is 5.40. The molecular formula is C14H20Br2NO3+. The van der Waals surface area contributed by atoms with Gasteiger partial charge in [0, 0.05) is 4.47 Å². The third-order valence-electron chi connectivity index (χ3n) is 3.53. The van der Waals surface area contributed by atoms with Gasteiger partial charge in [0.15, 0.2) is 0 Å². The van der Waals surface area contributed by atoms with E-state index < -0.39 is 6.10 Å². The Hall–Kier alpha value is -0.140. The molecule has 1 N–H and O–H groups in total. The zero-order chi connectivity index (χ0) is 14.6. The van der Waals surface area contributed by atoms with Crippen LogP contribution in [0.25, 0.3) is 0 Å². The Kier molecular flexibility index (Phi) is 5.86. The van der Waals surface area contributed by atoms with Gasteiger partial charge in [-0.3, -0.25) is 0 Å². The normalized spacial score (nSPS) is 19.6. The van der Waals surface area contributed by atoms with E-state index in [2.05, 4.69) is 38.9 Å². The van der Waals surface area contributed by atoms with Crippen LogP contribution in [0.4, 0.5) is 0 Å². The Morgan fingerprint density at radius 1 is 1.35 bits per heavy atom. The fourth-order valence-corrected chi connectivity index (χ4v) is 3.47. The predicted molar refractivity (Wildman–Crippen MR) is 84.9 cm³/mol. The first-order valence-corrected chi connectivity index (χ1v) is 8.24. The monoisotopic (exact) mass is 408 g/mol. The molecule has 0 aliphatic carbocycles. The third-order valence-corrected chi connectivity index (χ3v) is 4.64. The molecule has 0 spiro atoms. The quantitative estimate of drug-likeness (QED) is 0.759. The standard InChI is InChI=1S/C14H20Br2NO3/c1-17(4-6-19-7-5-17)9-12(18)10-20-14-3-2-11(15)8-13(14)16/h2-3,8,12,18H,4-7,9-10H2,1H3/q+1/t12-/m1/s1. The Labute approximate surface area is 136 Å². The predicted octanol–water partition coefficient (Wildman–Crippen LogP) is 2.43. The zero-order valence-electron chi connectivity index (χ0n) is 11.5. The van der Waals surface area contributed by atoms with Crippen molar-refractivity contribution in [3.63, 3.8) is 0 Å². The molecule has 0 radical (unpaired) electrons. The summed E-state index contributed by atoms with van der Waals surface area (Å²) < 4.78 is 13.8. The van der Waals surface area contributed by atoms with Gasteiger partial charge in [0.2, 0.25) is 0 Å². The molecular weight excluding hydrogens is 390 g/mol. The second-order valence-corrected chi connectivity index (χ2v) is 7.17. The molecule has 0 aromatic heterocycles. The van der Waals surface area contributed by atoms with E-state index in [-0.39, 0.29) is 0 Å². The van der Waals surface area contributed by atoms with E-state index in [0.717, 1.165) is 45.5 Å². The third kappa shape index (κ3) is 4.70. The molecule has 0 amide bonds. The van der Waals surface area contributed by atoms with Gasteiger partial charge in [0.25, 0.3) is 0 Å². The van der Waals surface area contributed by atoms with Crippen LogP contribution in [-0.4, -0.2) is 62.2 Å². The molecule has 112 valence electrons. The van der Waals surface area contributed by atoms with E-state index in [4.69, 9.17) is 9.47 Å². The number of morpholine rings is 1. The minimum absolute atomic E-state index is 0.301. The smallest absolute Gasteiger partial charge is 0.137 e. The summed E-state index contributed by atoms with van der Waals surface area (Å²) in [7, 11) is 2.15. The molecule has 4 nitrogen and oxygen atoms in total. The van der Waals surface area contributed by atoms with E-state index in [1.165, 1.54) is 0 Å². The molecule has 2 rings (SSSR count). The van der Waals surface area contributed by atoms with Crippen molar-refractivity contribution >= 4 is 31.9 Å². The average Bonchev–Trinajstić information content (AvgIpc) is 2.38. The molecule has 20 heavy (non-hydrogen) atoms. The topological polar surface area (TPSA) is 38.7 Å². The molecule has 1 saturated heterocycles. The Bertz CT molecular complexity index is 450. The van der Waals surface area contributed by atoms with Crippen molar-refractivity contribution < 1.29 is 19.1 Å². The van der Waals surface area contributed by atoms with E-state index in [1.54, 1.807) is 0 Å². The van der Waals surface area contributed by atoms with Crippen molar-refractivity contribution in [3.05, 3.63) is 27.1 Å². The van der Waals surface area contributed by atoms with Gasteiger partial charge >= 0.3 is 0 Å². The molecule has 1 fully saturated rings. The van der Waals surface area contributed by atoms with E-state index in [1.807, 2.05) is 18.2 Å². The number of benzene rings is 1. The van der Waals surface area contributed by atoms with Crippen molar-refractivity contribution in [2.24, 2.45) is 0 Å².